The summed E-state index contributed by atoms with van der Waals surface area (Å²) in [6, 6.07) is 6.50. The topological polar surface area (TPSA) is 59.4 Å². The first-order valence-electron chi connectivity index (χ1n) is 8.89. The van der Waals surface area contributed by atoms with Crippen LogP contribution in [0.4, 0.5) is 15.9 Å². The molecule has 0 bridgehead atoms. The number of pyridine rings is 1. The summed E-state index contributed by atoms with van der Waals surface area (Å²) in [5.74, 6) is 0.232. The summed E-state index contributed by atoms with van der Waals surface area (Å²) in [5.41, 5.74) is 2.93. The van der Waals surface area contributed by atoms with E-state index in [4.69, 9.17) is 4.74 Å². The maximum Gasteiger partial charge on any atom is 0.257 e. The Balaban J connectivity index is 1.74. The number of morpholine rings is 1. The number of halogens is 1. The average molecular weight is 368 g/mol. The van der Waals surface area contributed by atoms with Crippen molar-refractivity contribution in [2.45, 2.75) is 6.92 Å². The van der Waals surface area contributed by atoms with E-state index in [1.807, 2.05) is 30.8 Å². The fraction of sp³-hybridized carbons (Fsp3) is 0.300. The van der Waals surface area contributed by atoms with Crippen LogP contribution in [0.2, 0.25) is 0 Å². The molecule has 27 heavy (non-hydrogen) atoms. The lowest BCUT2D eigenvalue weighted by Crippen LogP contribution is -2.40. The van der Waals surface area contributed by atoms with E-state index >= 15 is 0 Å². The van der Waals surface area contributed by atoms with E-state index in [-0.39, 0.29) is 11.7 Å². The van der Waals surface area contributed by atoms with Gasteiger partial charge in [0, 0.05) is 43.6 Å². The van der Waals surface area contributed by atoms with Gasteiger partial charge in [-0.1, -0.05) is 6.07 Å². The predicted octanol–water partition coefficient (Wildman–Crippen LogP) is 3.24. The third kappa shape index (κ3) is 3.26. The first-order valence-corrected chi connectivity index (χ1v) is 8.89. The molecule has 0 saturated carbocycles. The summed E-state index contributed by atoms with van der Waals surface area (Å²) in [4.78, 5) is 19.2. The molecule has 0 aliphatic carbocycles. The molecule has 140 valence electrons. The highest BCUT2D eigenvalue weighted by Crippen LogP contribution is 2.30. The van der Waals surface area contributed by atoms with E-state index in [9.17, 15) is 9.18 Å². The number of carbonyl (C=O) groups is 1. The minimum absolute atomic E-state index is 0.0499. The lowest BCUT2D eigenvalue weighted by Gasteiger charge is -2.27. The van der Waals surface area contributed by atoms with Crippen LogP contribution in [0, 0.1) is 12.7 Å². The van der Waals surface area contributed by atoms with Crippen molar-refractivity contribution in [2.24, 2.45) is 7.05 Å². The van der Waals surface area contributed by atoms with Gasteiger partial charge in [0.2, 0.25) is 0 Å². The fourth-order valence-corrected chi connectivity index (χ4v) is 3.37. The molecular formula is C20H21FN4O2. The van der Waals surface area contributed by atoms with E-state index in [0.29, 0.717) is 43.4 Å². The Morgan fingerprint density at radius 3 is 2.81 bits per heavy atom. The molecule has 1 saturated heterocycles. The molecule has 0 atom stereocenters. The number of anilines is 2. The predicted molar refractivity (Wildman–Crippen MR) is 102 cm³/mol. The summed E-state index contributed by atoms with van der Waals surface area (Å²) in [6.45, 7) is 4.16. The molecule has 3 aromatic rings. The van der Waals surface area contributed by atoms with Crippen molar-refractivity contribution in [3.63, 3.8) is 0 Å². The van der Waals surface area contributed by atoms with E-state index in [2.05, 4.69) is 10.3 Å². The fourth-order valence-electron chi connectivity index (χ4n) is 3.37. The van der Waals surface area contributed by atoms with Crippen molar-refractivity contribution in [3.8, 4) is 0 Å². The molecule has 1 aliphatic rings. The number of hydrogen-bond donors (Lipinski definition) is 1. The van der Waals surface area contributed by atoms with Crippen LogP contribution in [0.5, 0.6) is 0 Å². The first-order chi connectivity index (χ1) is 13.0. The van der Waals surface area contributed by atoms with Crippen LogP contribution < -0.4 is 5.32 Å². The van der Waals surface area contributed by atoms with Gasteiger partial charge in [0.1, 0.15) is 11.6 Å². The van der Waals surface area contributed by atoms with Crippen LogP contribution in [-0.2, 0) is 11.8 Å². The Morgan fingerprint density at radius 2 is 2.04 bits per heavy atom. The maximum absolute atomic E-state index is 13.6. The second-order valence-electron chi connectivity index (χ2n) is 6.70. The van der Waals surface area contributed by atoms with Gasteiger partial charge in [-0.05, 0) is 30.7 Å². The monoisotopic (exact) mass is 368 g/mol. The molecule has 0 radical (unpaired) electrons. The number of nitrogens with zero attached hydrogens (tertiary/aromatic N) is 3. The van der Waals surface area contributed by atoms with Crippen LogP contribution in [0.3, 0.4) is 0 Å². The molecule has 3 heterocycles. The van der Waals surface area contributed by atoms with Crippen molar-refractivity contribution in [1.82, 2.24) is 14.5 Å². The largest absolute Gasteiger partial charge is 0.378 e. The van der Waals surface area contributed by atoms with Gasteiger partial charge in [0.05, 0.1) is 24.3 Å². The summed E-state index contributed by atoms with van der Waals surface area (Å²) in [7, 11) is 1.90. The van der Waals surface area contributed by atoms with Gasteiger partial charge < -0.3 is 19.5 Å². The maximum atomic E-state index is 13.6. The third-order valence-corrected chi connectivity index (χ3v) is 4.89. The Hall–Kier alpha value is -2.93. The average Bonchev–Trinajstić information content (AvgIpc) is 3.07. The summed E-state index contributed by atoms with van der Waals surface area (Å²) >= 11 is 0. The summed E-state index contributed by atoms with van der Waals surface area (Å²) in [5, 5.41) is 4.03. The number of rotatable bonds is 3. The smallest absolute Gasteiger partial charge is 0.257 e. The van der Waals surface area contributed by atoms with E-state index in [0.717, 1.165) is 16.5 Å². The number of aryl methyl sites for hydroxylation is 2. The lowest BCUT2D eigenvalue weighted by atomic mass is 10.1. The Morgan fingerprint density at radius 1 is 1.26 bits per heavy atom. The van der Waals surface area contributed by atoms with Crippen LogP contribution in [-0.4, -0.2) is 46.7 Å². The van der Waals surface area contributed by atoms with Gasteiger partial charge >= 0.3 is 0 Å². The van der Waals surface area contributed by atoms with Crippen molar-refractivity contribution >= 4 is 28.3 Å². The number of carbonyl (C=O) groups excluding carboxylic acids is 1. The SMILES string of the molecule is Cc1ccc(F)cc1Nc1ncc(C(=O)N2CCOCC2)c2c1ccn2C. The number of nitrogens with one attached hydrogen (secondary N) is 1. The summed E-state index contributed by atoms with van der Waals surface area (Å²) in [6.07, 6.45) is 3.49. The molecule has 6 nitrogen and oxygen atoms in total. The van der Waals surface area contributed by atoms with Crippen LogP contribution in [0.15, 0.2) is 36.7 Å². The normalized spacial score (nSPS) is 14.6. The van der Waals surface area contributed by atoms with E-state index in [1.54, 1.807) is 17.2 Å². The highest BCUT2D eigenvalue weighted by Gasteiger charge is 2.23. The Labute approximate surface area is 156 Å². The number of ether oxygens (including phenoxy) is 1. The minimum Gasteiger partial charge on any atom is -0.378 e. The van der Waals surface area contributed by atoms with Crippen molar-refractivity contribution < 1.29 is 13.9 Å². The molecule has 1 aliphatic heterocycles. The zero-order valence-corrected chi connectivity index (χ0v) is 15.3. The molecule has 0 spiro atoms. The highest BCUT2D eigenvalue weighted by atomic mass is 19.1. The van der Waals surface area contributed by atoms with Crippen LogP contribution in [0.1, 0.15) is 15.9 Å². The van der Waals surface area contributed by atoms with Crippen molar-refractivity contribution in [1.29, 1.82) is 0 Å². The second-order valence-corrected chi connectivity index (χ2v) is 6.70. The number of fused-ring (bicyclic) bond motifs is 1. The zero-order valence-electron chi connectivity index (χ0n) is 15.3. The number of amides is 1. The zero-order chi connectivity index (χ0) is 19.0. The van der Waals surface area contributed by atoms with Gasteiger partial charge in [0.25, 0.3) is 5.91 Å². The highest BCUT2D eigenvalue weighted by molar-refractivity contribution is 6.08. The second kappa shape index (κ2) is 7.00. The van der Waals surface area contributed by atoms with E-state index in [1.165, 1.54) is 12.1 Å². The third-order valence-electron chi connectivity index (χ3n) is 4.89. The standard InChI is InChI=1S/C20H21FN4O2/c1-13-3-4-14(21)11-17(13)23-19-15-5-6-24(2)18(15)16(12-22-19)20(26)25-7-9-27-10-8-25/h3-6,11-12H,7-10H2,1-2H3,(H,22,23). The van der Waals surface area contributed by atoms with Gasteiger partial charge in [-0.25, -0.2) is 9.37 Å². The molecule has 1 N–H and O–H groups in total. The molecule has 0 unspecified atom stereocenters. The van der Waals surface area contributed by atoms with Crippen molar-refractivity contribution in [3.05, 3.63) is 53.6 Å². The number of aromatic nitrogens is 2. The molecule has 7 heteroatoms. The Bertz CT molecular complexity index is 1010. The molecule has 1 amide bonds. The molecular weight excluding hydrogens is 347 g/mol. The van der Waals surface area contributed by atoms with E-state index < -0.39 is 0 Å². The first kappa shape index (κ1) is 17.5. The lowest BCUT2D eigenvalue weighted by molar-refractivity contribution is 0.0303. The molecule has 2 aromatic heterocycles. The number of hydrogen-bond acceptors (Lipinski definition) is 4. The quantitative estimate of drug-likeness (QED) is 0.771. The molecule has 4 rings (SSSR count). The van der Waals surface area contributed by atoms with Gasteiger partial charge in [-0.2, -0.15) is 0 Å². The summed E-state index contributed by atoms with van der Waals surface area (Å²) < 4.78 is 20.9. The minimum atomic E-state index is -0.313. The molecule has 1 fully saturated rings. The van der Waals surface area contributed by atoms with Gasteiger partial charge in [0.15, 0.2) is 0 Å². The molecule has 1 aromatic carbocycles. The van der Waals surface area contributed by atoms with Crippen LogP contribution >= 0.6 is 0 Å². The number of benzene rings is 1. The van der Waals surface area contributed by atoms with Gasteiger partial charge in [-0.3, -0.25) is 4.79 Å². The van der Waals surface area contributed by atoms with Gasteiger partial charge in [-0.15, -0.1) is 0 Å². The van der Waals surface area contributed by atoms with Crippen molar-refractivity contribution in [2.75, 3.05) is 31.6 Å². The van der Waals surface area contributed by atoms with Crippen LogP contribution in [0.25, 0.3) is 10.9 Å². The Kier molecular flexibility index (Phi) is 4.53.